The number of carbonyl (C=O) groups is 1. The Morgan fingerprint density at radius 3 is 2.69 bits per heavy atom. The maximum atomic E-state index is 11.0. The van der Waals surface area contributed by atoms with Gasteiger partial charge in [0, 0.05) is 10.8 Å². The highest BCUT2D eigenvalue weighted by Crippen LogP contribution is 2.48. The lowest BCUT2D eigenvalue weighted by Gasteiger charge is -2.45. The van der Waals surface area contributed by atoms with Gasteiger partial charge in [-0.2, -0.15) is 5.26 Å². The van der Waals surface area contributed by atoms with Crippen LogP contribution in [0.5, 0.6) is 0 Å². The van der Waals surface area contributed by atoms with E-state index >= 15 is 0 Å². The number of rotatable bonds is 11. The first-order valence-electron chi connectivity index (χ1n) is 11.4. The molecule has 1 heterocycles. The van der Waals surface area contributed by atoms with Gasteiger partial charge < -0.3 is 10.2 Å². The van der Waals surface area contributed by atoms with E-state index in [0.717, 1.165) is 62.7 Å². The topological polar surface area (TPSA) is 81.3 Å². The Balaban J connectivity index is 1.45. The third kappa shape index (κ3) is 5.22. The third-order valence-electron chi connectivity index (χ3n) is 7.78. The molecule has 0 radical (unpaired) electrons. The number of carboxylic acid groups (broad SMARTS) is 1. The second kappa shape index (κ2) is 10.1. The van der Waals surface area contributed by atoms with E-state index in [4.69, 9.17) is 5.11 Å². The van der Waals surface area contributed by atoms with E-state index in [-0.39, 0.29) is 17.4 Å². The lowest BCUT2D eigenvalue weighted by atomic mass is 9.62. The molecule has 0 saturated heterocycles. The van der Waals surface area contributed by atoms with Gasteiger partial charge in [0.2, 0.25) is 0 Å². The number of aryl methyl sites for hydroxylation is 1. The van der Waals surface area contributed by atoms with Crippen molar-refractivity contribution in [2.75, 3.05) is 0 Å². The van der Waals surface area contributed by atoms with Crippen LogP contribution in [0.4, 0.5) is 0 Å². The fourth-order valence-electron chi connectivity index (χ4n) is 5.68. The third-order valence-corrected chi connectivity index (χ3v) is 8.92. The summed E-state index contributed by atoms with van der Waals surface area (Å²) in [6.07, 6.45) is 12.7. The molecule has 2 unspecified atom stereocenters. The summed E-state index contributed by atoms with van der Waals surface area (Å²) in [7, 11) is 0. The van der Waals surface area contributed by atoms with Crippen molar-refractivity contribution in [2.24, 2.45) is 23.2 Å². The molecule has 5 heteroatoms. The van der Waals surface area contributed by atoms with Crippen LogP contribution in [0.15, 0.2) is 12.1 Å². The summed E-state index contributed by atoms with van der Waals surface area (Å²) in [4.78, 5) is 12.6. The van der Waals surface area contributed by atoms with Crippen molar-refractivity contribution < 1.29 is 15.0 Å². The van der Waals surface area contributed by atoms with E-state index in [2.05, 4.69) is 13.0 Å². The van der Waals surface area contributed by atoms with E-state index < -0.39 is 5.97 Å². The molecule has 2 aliphatic rings. The molecule has 2 saturated carbocycles. The van der Waals surface area contributed by atoms with Crippen LogP contribution >= 0.6 is 11.3 Å². The van der Waals surface area contributed by atoms with Gasteiger partial charge in [0.05, 0.1) is 12.2 Å². The normalized spacial score (nSPS) is 26.6. The van der Waals surface area contributed by atoms with Crippen molar-refractivity contribution in [3.8, 4) is 6.07 Å². The Hall–Kier alpha value is -1.38. The molecule has 4 atom stereocenters. The van der Waals surface area contributed by atoms with Gasteiger partial charge in [0.1, 0.15) is 4.88 Å². The van der Waals surface area contributed by atoms with Crippen LogP contribution in [0.1, 0.15) is 92.1 Å². The first-order valence-corrected chi connectivity index (χ1v) is 12.2. The Morgan fingerprint density at radius 1 is 1.31 bits per heavy atom. The predicted octanol–water partition coefficient (Wildman–Crippen LogP) is 6.05. The lowest BCUT2D eigenvalue weighted by molar-refractivity contribution is -0.0438. The highest BCUT2D eigenvalue weighted by molar-refractivity contribution is 7.13. The van der Waals surface area contributed by atoms with Crippen molar-refractivity contribution in [3.05, 3.63) is 21.9 Å². The van der Waals surface area contributed by atoms with Crippen LogP contribution in [0, 0.1) is 34.5 Å². The van der Waals surface area contributed by atoms with Gasteiger partial charge in [0.25, 0.3) is 0 Å². The Kier molecular flexibility index (Phi) is 7.76. The van der Waals surface area contributed by atoms with Crippen molar-refractivity contribution >= 4 is 17.3 Å². The molecule has 160 valence electrons. The van der Waals surface area contributed by atoms with Gasteiger partial charge in [-0.05, 0) is 93.6 Å². The Labute approximate surface area is 179 Å². The molecule has 4 nitrogen and oxygen atoms in total. The molecule has 1 aromatic rings. The van der Waals surface area contributed by atoms with Crippen molar-refractivity contribution in [1.29, 1.82) is 5.26 Å². The summed E-state index contributed by atoms with van der Waals surface area (Å²) in [5, 5.41) is 29.3. The number of nitrogens with zero attached hydrogens (tertiary/aromatic N) is 1. The lowest BCUT2D eigenvalue weighted by Crippen LogP contribution is -2.40. The number of hydrogen-bond acceptors (Lipinski definition) is 4. The summed E-state index contributed by atoms with van der Waals surface area (Å²) in [6.45, 7) is 2.20. The number of aliphatic hydroxyl groups is 1. The molecule has 3 rings (SSSR count). The number of nitriles is 1. The minimum absolute atomic E-state index is 0.168. The standard InChI is InChI=1S/C24H35NO3S/c1-2-24(14-5-15-24)22(26)9-4-8-20-17(10-11-18(20)16-25)6-3-7-19-12-13-21(29-19)23(27)28/h12-13,17-18,20,22,26H,2-11,14-15H2,1H3,(H,27,28)/t17-,18-,20?,22?/m0/s1. The number of aromatic carboxylic acids is 1. The minimum atomic E-state index is -0.845. The fraction of sp³-hybridized carbons (Fsp3) is 0.750. The molecule has 2 N–H and O–H groups in total. The van der Waals surface area contributed by atoms with Crippen LogP contribution in [-0.2, 0) is 6.42 Å². The maximum Gasteiger partial charge on any atom is 0.345 e. The number of carboxylic acids is 1. The Bertz CT molecular complexity index is 712. The van der Waals surface area contributed by atoms with Gasteiger partial charge in [-0.3, -0.25) is 0 Å². The zero-order chi connectivity index (χ0) is 20.9. The molecule has 29 heavy (non-hydrogen) atoms. The predicted molar refractivity (Wildman–Crippen MR) is 116 cm³/mol. The van der Waals surface area contributed by atoms with E-state index in [1.54, 1.807) is 6.07 Å². The highest BCUT2D eigenvalue weighted by Gasteiger charge is 2.41. The highest BCUT2D eigenvalue weighted by atomic mass is 32.1. The first-order chi connectivity index (χ1) is 14.0. The SMILES string of the molecule is CCC1(C(O)CCCC2[C@@H](CCCc3ccc(C(=O)O)s3)CC[C@H]2C#N)CCC1. The average molecular weight is 418 g/mol. The average Bonchev–Trinajstić information content (AvgIpc) is 3.29. The Morgan fingerprint density at radius 2 is 2.10 bits per heavy atom. The molecule has 2 aliphatic carbocycles. The van der Waals surface area contributed by atoms with Crippen molar-refractivity contribution in [2.45, 2.75) is 90.1 Å². The number of aliphatic hydroxyl groups excluding tert-OH is 1. The zero-order valence-electron chi connectivity index (χ0n) is 17.6. The second-order valence-corrected chi connectivity index (χ2v) is 10.4. The van der Waals surface area contributed by atoms with E-state index in [1.165, 1.54) is 30.6 Å². The molecular formula is C24H35NO3S. The summed E-state index contributed by atoms with van der Waals surface area (Å²) < 4.78 is 0. The minimum Gasteiger partial charge on any atom is -0.477 e. The number of hydrogen-bond donors (Lipinski definition) is 2. The van der Waals surface area contributed by atoms with E-state index in [0.29, 0.717) is 16.7 Å². The summed E-state index contributed by atoms with van der Waals surface area (Å²) in [5.74, 6) is 0.382. The van der Waals surface area contributed by atoms with E-state index in [9.17, 15) is 15.2 Å². The zero-order valence-corrected chi connectivity index (χ0v) is 18.4. The van der Waals surface area contributed by atoms with Crippen molar-refractivity contribution in [3.63, 3.8) is 0 Å². The largest absolute Gasteiger partial charge is 0.477 e. The quantitative estimate of drug-likeness (QED) is 0.459. The molecule has 0 amide bonds. The van der Waals surface area contributed by atoms with Gasteiger partial charge >= 0.3 is 5.97 Å². The molecule has 2 fully saturated rings. The summed E-state index contributed by atoms with van der Waals surface area (Å²) in [5.41, 5.74) is 0.180. The summed E-state index contributed by atoms with van der Waals surface area (Å²) in [6, 6.07) is 6.18. The second-order valence-electron chi connectivity index (χ2n) is 9.22. The van der Waals surface area contributed by atoms with E-state index in [1.807, 2.05) is 6.07 Å². The molecule has 0 bridgehead atoms. The fourth-order valence-corrected chi connectivity index (χ4v) is 6.57. The molecule has 0 spiro atoms. The number of thiophene rings is 1. The first kappa shape index (κ1) is 22.3. The van der Waals surface area contributed by atoms with Gasteiger partial charge in [-0.15, -0.1) is 11.3 Å². The maximum absolute atomic E-state index is 11.0. The summed E-state index contributed by atoms with van der Waals surface area (Å²) >= 11 is 1.38. The van der Waals surface area contributed by atoms with Crippen LogP contribution in [0.2, 0.25) is 0 Å². The van der Waals surface area contributed by atoms with Gasteiger partial charge in [-0.25, -0.2) is 4.79 Å². The van der Waals surface area contributed by atoms with Crippen LogP contribution < -0.4 is 0 Å². The van der Waals surface area contributed by atoms with Gasteiger partial charge in [0.15, 0.2) is 0 Å². The van der Waals surface area contributed by atoms with Gasteiger partial charge in [-0.1, -0.05) is 19.8 Å². The molecule has 0 aliphatic heterocycles. The van der Waals surface area contributed by atoms with Crippen LogP contribution in [0.25, 0.3) is 0 Å². The molecule has 0 aromatic carbocycles. The molecular weight excluding hydrogens is 382 g/mol. The van der Waals surface area contributed by atoms with Crippen LogP contribution in [-0.4, -0.2) is 22.3 Å². The smallest absolute Gasteiger partial charge is 0.345 e. The monoisotopic (exact) mass is 417 g/mol. The van der Waals surface area contributed by atoms with Crippen molar-refractivity contribution in [1.82, 2.24) is 0 Å². The molecule has 1 aromatic heterocycles. The van der Waals surface area contributed by atoms with Crippen LogP contribution in [0.3, 0.4) is 0 Å².